The molecule has 0 aliphatic carbocycles. The van der Waals surface area contributed by atoms with Crippen LogP contribution in [-0.2, 0) is 4.79 Å². The quantitative estimate of drug-likeness (QED) is 0.837. The summed E-state index contributed by atoms with van der Waals surface area (Å²) in [5, 5.41) is 12.3. The highest BCUT2D eigenvalue weighted by molar-refractivity contribution is 5.81. The molecule has 0 saturated heterocycles. The van der Waals surface area contributed by atoms with Gasteiger partial charge in [0.05, 0.1) is 13.2 Å². The molecule has 5 heteroatoms. The van der Waals surface area contributed by atoms with E-state index < -0.39 is 12.2 Å². The second-order valence-electron chi connectivity index (χ2n) is 5.01. The van der Waals surface area contributed by atoms with Gasteiger partial charge in [-0.1, -0.05) is 6.07 Å². The van der Waals surface area contributed by atoms with Gasteiger partial charge in [-0.05, 0) is 45.4 Å². The van der Waals surface area contributed by atoms with Gasteiger partial charge < -0.3 is 19.9 Å². The highest BCUT2D eigenvalue weighted by atomic mass is 16.5. The van der Waals surface area contributed by atoms with Crippen LogP contribution >= 0.6 is 0 Å². The van der Waals surface area contributed by atoms with E-state index in [-0.39, 0.29) is 11.9 Å². The molecule has 1 rings (SSSR count). The smallest absolute Gasteiger partial charge is 0.260 e. The summed E-state index contributed by atoms with van der Waals surface area (Å²) in [5.41, 5.74) is 0.730. The van der Waals surface area contributed by atoms with Crippen molar-refractivity contribution < 1.29 is 19.4 Å². The first-order valence-electron chi connectivity index (χ1n) is 6.68. The Morgan fingerprint density at radius 3 is 2.35 bits per heavy atom. The van der Waals surface area contributed by atoms with Gasteiger partial charge in [0.2, 0.25) is 0 Å². The lowest BCUT2D eigenvalue weighted by atomic mass is 10.1. The SMILES string of the molecule is COc1cc(C(C)O)ccc1OC(C)C(=O)NC(C)C. The highest BCUT2D eigenvalue weighted by Gasteiger charge is 2.18. The fourth-order valence-electron chi connectivity index (χ4n) is 1.69. The van der Waals surface area contributed by atoms with E-state index in [1.165, 1.54) is 7.11 Å². The molecule has 0 aliphatic heterocycles. The number of carbonyl (C=O) groups is 1. The number of hydrogen-bond donors (Lipinski definition) is 2. The third kappa shape index (κ3) is 4.42. The van der Waals surface area contributed by atoms with Crippen molar-refractivity contribution in [2.24, 2.45) is 0 Å². The van der Waals surface area contributed by atoms with Crippen LogP contribution in [0.1, 0.15) is 39.4 Å². The van der Waals surface area contributed by atoms with Crippen LogP contribution in [0.4, 0.5) is 0 Å². The van der Waals surface area contributed by atoms with E-state index in [0.717, 1.165) is 5.56 Å². The zero-order chi connectivity index (χ0) is 15.3. The Bertz CT molecular complexity index is 457. The molecule has 0 bridgehead atoms. The minimum atomic E-state index is -0.622. The fraction of sp³-hybridized carbons (Fsp3) is 0.533. The van der Waals surface area contributed by atoms with Crippen molar-refractivity contribution >= 4 is 5.91 Å². The van der Waals surface area contributed by atoms with Crippen LogP contribution < -0.4 is 14.8 Å². The average Bonchev–Trinajstić information content (AvgIpc) is 2.37. The summed E-state index contributed by atoms with van der Waals surface area (Å²) in [5.74, 6) is 0.789. The van der Waals surface area contributed by atoms with Crippen molar-refractivity contribution in [1.29, 1.82) is 0 Å². The number of methoxy groups -OCH3 is 1. The Labute approximate surface area is 119 Å². The molecule has 0 aromatic heterocycles. The largest absolute Gasteiger partial charge is 0.493 e. The van der Waals surface area contributed by atoms with E-state index in [4.69, 9.17) is 9.47 Å². The van der Waals surface area contributed by atoms with Gasteiger partial charge in [0.15, 0.2) is 17.6 Å². The number of carbonyl (C=O) groups excluding carboxylic acids is 1. The summed E-state index contributed by atoms with van der Waals surface area (Å²) in [7, 11) is 1.52. The number of nitrogens with one attached hydrogen (secondary N) is 1. The molecule has 1 aromatic rings. The van der Waals surface area contributed by atoms with Crippen molar-refractivity contribution in [2.45, 2.75) is 45.9 Å². The third-order valence-electron chi connectivity index (χ3n) is 2.77. The average molecular weight is 281 g/mol. The van der Waals surface area contributed by atoms with Gasteiger partial charge in [0.1, 0.15) is 0 Å². The second kappa shape index (κ2) is 7.14. The third-order valence-corrected chi connectivity index (χ3v) is 2.77. The maximum Gasteiger partial charge on any atom is 0.260 e. The van der Waals surface area contributed by atoms with Gasteiger partial charge >= 0.3 is 0 Å². The van der Waals surface area contributed by atoms with Gasteiger partial charge in [-0.2, -0.15) is 0 Å². The molecule has 5 nitrogen and oxygen atoms in total. The molecule has 112 valence electrons. The molecule has 2 N–H and O–H groups in total. The Kier molecular flexibility index (Phi) is 5.82. The van der Waals surface area contributed by atoms with Gasteiger partial charge in [-0.25, -0.2) is 0 Å². The van der Waals surface area contributed by atoms with Crippen LogP contribution in [0.15, 0.2) is 18.2 Å². The molecule has 0 radical (unpaired) electrons. The van der Waals surface area contributed by atoms with Crippen LogP contribution in [0, 0.1) is 0 Å². The zero-order valence-corrected chi connectivity index (χ0v) is 12.6. The summed E-state index contributed by atoms with van der Waals surface area (Å²) in [6.07, 6.45) is -1.21. The van der Waals surface area contributed by atoms with E-state index in [1.807, 2.05) is 13.8 Å². The molecule has 2 unspecified atom stereocenters. The predicted molar refractivity (Wildman–Crippen MR) is 77.0 cm³/mol. The molecule has 0 saturated carbocycles. The van der Waals surface area contributed by atoms with Crippen molar-refractivity contribution in [3.8, 4) is 11.5 Å². The number of ether oxygens (including phenoxy) is 2. The van der Waals surface area contributed by atoms with E-state index in [1.54, 1.807) is 32.0 Å². The summed E-state index contributed by atoms with van der Waals surface area (Å²) in [4.78, 5) is 11.8. The number of aliphatic hydroxyl groups excluding tert-OH is 1. The molecule has 1 amide bonds. The Morgan fingerprint density at radius 2 is 1.85 bits per heavy atom. The van der Waals surface area contributed by atoms with Crippen LogP contribution in [0.2, 0.25) is 0 Å². The lowest BCUT2D eigenvalue weighted by Gasteiger charge is -2.18. The van der Waals surface area contributed by atoms with Gasteiger partial charge in [0.25, 0.3) is 5.91 Å². The summed E-state index contributed by atoms with van der Waals surface area (Å²) >= 11 is 0. The van der Waals surface area contributed by atoms with Crippen molar-refractivity contribution in [3.05, 3.63) is 23.8 Å². The fourth-order valence-corrected chi connectivity index (χ4v) is 1.69. The molecule has 20 heavy (non-hydrogen) atoms. The van der Waals surface area contributed by atoms with Crippen LogP contribution in [-0.4, -0.2) is 30.3 Å². The Hall–Kier alpha value is -1.75. The molecular formula is C15H23NO4. The lowest BCUT2D eigenvalue weighted by Crippen LogP contribution is -2.40. The zero-order valence-electron chi connectivity index (χ0n) is 12.6. The summed E-state index contributed by atoms with van der Waals surface area (Å²) < 4.78 is 10.8. The first-order chi connectivity index (χ1) is 9.35. The molecule has 0 spiro atoms. The first-order valence-corrected chi connectivity index (χ1v) is 6.68. The van der Waals surface area contributed by atoms with Crippen molar-refractivity contribution in [3.63, 3.8) is 0 Å². The topological polar surface area (TPSA) is 67.8 Å². The number of hydrogen-bond acceptors (Lipinski definition) is 4. The van der Waals surface area contributed by atoms with Crippen LogP contribution in [0.25, 0.3) is 0 Å². The minimum Gasteiger partial charge on any atom is -0.493 e. The standard InChI is InChI=1S/C15H23NO4/c1-9(2)16-15(18)11(4)20-13-7-6-12(10(3)17)8-14(13)19-5/h6-11,17H,1-5H3,(H,16,18). The second-order valence-corrected chi connectivity index (χ2v) is 5.01. The molecule has 2 atom stereocenters. The highest BCUT2D eigenvalue weighted by Crippen LogP contribution is 2.31. The summed E-state index contributed by atoms with van der Waals surface area (Å²) in [6, 6.07) is 5.20. The molecule has 0 heterocycles. The summed E-state index contributed by atoms with van der Waals surface area (Å²) in [6.45, 7) is 7.14. The van der Waals surface area contributed by atoms with Crippen molar-refractivity contribution in [2.75, 3.05) is 7.11 Å². The first kappa shape index (κ1) is 16.3. The maximum atomic E-state index is 11.8. The molecule has 1 aromatic carbocycles. The monoisotopic (exact) mass is 281 g/mol. The van der Waals surface area contributed by atoms with E-state index >= 15 is 0 Å². The number of amides is 1. The lowest BCUT2D eigenvalue weighted by molar-refractivity contribution is -0.127. The van der Waals surface area contributed by atoms with Crippen LogP contribution in [0.5, 0.6) is 11.5 Å². The van der Waals surface area contributed by atoms with Gasteiger partial charge in [0, 0.05) is 6.04 Å². The van der Waals surface area contributed by atoms with E-state index in [9.17, 15) is 9.90 Å². The Morgan fingerprint density at radius 1 is 1.20 bits per heavy atom. The predicted octanol–water partition coefficient (Wildman–Crippen LogP) is 2.04. The molecular weight excluding hydrogens is 258 g/mol. The van der Waals surface area contributed by atoms with Gasteiger partial charge in [-0.3, -0.25) is 4.79 Å². The number of rotatable bonds is 6. The molecule has 0 aliphatic rings. The molecule has 0 fully saturated rings. The van der Waals surface area contributed by atoms with Gasteiger partial charge in [-0.15, -0.1) is 0 Å². The minimum absolute atomic E-state index is 0.0630. The Balaban J connectivity index is 2.84. The normalized spacial score (nSPS) is 13.8. The number of aliphatic hydroxyl groups is 1. The van der Waals surface area contributed by atoms with E-state index in [0.29, 0.717) is 11.5 Å². The van der Waals surface area contributed by atoms with Crippen molar-refractivity contribution in [1.82, 2.24) is 5.32 Å². The van der Waals surface area contributed by atoms with E-state index in [2.05, 4.69) is 5.32 Å². The van der Waals surface area contributed by atoms with Crippen LogP contribution in [0.3, 0.4) is 0 Å². The maximum absolute atomic E-state index is 11.8. The number of benzene rings is 1.